The number of rotatable bonds is 8. The standard InChI is InChI=1S/C20H21NO4/c1-14-5-8-16(9-6-14)18(22)10-11-19(23)21-17-4-2-3-15(13-17)7-12-20(24)25/h2-6,8-9,13H,7,10-12H2,1H3,(H,21,23)(H,24,25). The van der Waals surface area contributed by atoms with Crippen LogP contribution in [0, 0.1) is 6.92 Å². The van der Waals surface area contributed by atoms with Gasteiger partial charge < -0.3 is 10.4 Å². The van der Waals surface area contributed by atoms with Crippen molar-refractivity contribution in [1.29, 1.82) is 0 Å². The Morgan fingerprint density at radius 2 is 1.68 bits per heavy atom. The number of aryl methyl sites for hydroxylation is 2. The molecule has 0 unspecified atom stereocenters. The minimum atomic E-state index is -0.857. The van der Waals surface area contributed by atoms with Gasteiger partial charge in [-0.25, -0.2) is 0 Å². The molecule has 0 atom stereocenters. The van der Waals surface area contributed by atoms with Crippen LogP contribution in [0.5, 0.6) is 0 Å². The van der Waals surface area contributed by atoms with Gasteiger partial charge in [0.05, 0.1) is 0 Å². The molecule has 0 heterocycles. The molecule has 0 spiro atoms. The molecule has 0 bridgehead atoms. The molecule has 0 saturated carbocycles. The number of hydrogen-bond acceptors (Lipinski definition) is 3. The minimum absolute atomic E-state index is 0.0441. The summed E-state index contributed by atoms with van der Waals surface area (Å²) in [4.78, 5) is 34.7. The number of Topliss-reactive ketones (excluding diaryl/α,β-unsaturated/α-hetero) is 1. The Kier molecular flexibility index (Phi) is 6.46. The third-order valence-electron chi connectivity index (χ3n) is 3.79. The highest BCUT2D eigenvalue weighted by atomic mass is 16.4. The zero-order chi connectivity index (χ0) is 18.2. The fourth-order valence-electron chi connectivity index (χ4n) is 2.39. The predicted octanol–water partition coefficient (Wildman–Crippen LogP) is 3.61. The normalized spacial score (nSPS) is 10.3. The Bertz CT molecular complexity index is 766. The average Bonchev–Trinajstić information content (AvgIpc) is 2.59. The summed E-state index contributed by atoms with van der Waals surface area (Å²) in [5.41, 5.74) is 3.14. The summed E-state index contributed by atoms with van der Waals surface area (Å²) in [5.74, 6) is -1.16. The SMILES string of the molecule is Cc1ccc(C(=O)CCC(=O)Nc2cccc(CCC(=O)O)c2)cc1. The predicted molar refractivity (Wildman–Crippen MR) is 95.8 cm³/mol. The van der Waals surface area contributed by atoms with Crippen molar-refractivity contribution < 1.29 is 19.5 Å². The molecule has 5 nitrogen and oxygen atoms in total. The molecule has 0 fully saturated rings. The van der Waals surface area contributed by atoms with E-state index in [4.69, 9.17) is 5.11 Å². The van der Waals surface area contributed by atoms with Gasteiger partial charge in [-0.05, 0) is 31.0 Å². The Labute approximate surface area is 146 Å². The molecule has 2 aromatic rings. The fraction of sp³-hybridized carbons (Fsp3) is 0.250. The minimum Gasteiger partial charge on any atom is -0.481 e. The van der Waals surface area contributed by atoms with Crippen molar-refractivity contribution in [3.8, 4) is 0 Å². The van der Waals surface area contributed by atoms with Gasteiger partial charge in [-0.15, -0.1) is 0 Å². The van der Waals surface area contributed by atoms with E-state index in [2.05, 4.69) is 5.32 Å². The van der Waals surface area contributed by atoms with Gasteiger partial charge in [0.25, 0.3) is 0 Å². The molecule has 0 saturated heterocycles. The van der Waals surface area contributed by atoms with Crippen LogP contribution in [-0.4, -0.2) is 22.8 Å². The van der Waals surface area contributed by atoms with Crippen LogP contribution in [0.15, 0.2) is 48.5 Å². The lowest BCUT2D eigenvalue weighted by Gasteiger charge is -2.07. The number of ketones is 1. The molecule has 0 aliphatic heterocycles. The third-order valence-corrected chi connectivity index (χ3v) is 3.79. The second kappa shape index (κ2) is 8.78. The van der Waals surface area contributed by atoms with Crippen molar-refractivity contribution in [1.82, 2.24) is 0 Å². The molecule has 0 aromatic heterocycles. The van der Waals surface area contributed by atoms with Gasteiger partial charge in [0, 0.05) is 30.5 Å². The van der Waals surface area contributed by atoms with Crippen LogP contribution < -0.4 is 5.32 Å². The van der Waals surface area contributed by atoms with Gasteiger partial charge in [-0.2, -0.15) is 0 Å². The van der Waals surface area contributed by atoms with E-state index in [1.807, 2.05) is 25.1 Å². The van der Waals surface area contributed by atoms with Crippen LogP contribution in [0.25, 0.3) is 0 Å². The lowest BCUT2D eigenvalue weighted by atomic mass is 10.0. The van der Waals surface area contributed by atoms with Crippen LogP contribution in [0.1, 0.15) is 40.7 Å². The Morgan fingerprint density at radius 3 is 2.36 bits per heavy atom. The van der Waals surface area contributed by atoms with Gasteiger partial charge >= 0.3 is 5.97 Å². The smallest absolute Gasteiger partial charge is 0.303 e. The molecule has 5 heteroatoms. The maximum absolute atomic E-state index is 12.1. The molecule has 1 amide bonds. The highest BCUT2D eigenvalue weighted by molar-refractivity contribution is 6.00. The van der Waals surface area contributed by atoms with Crippen LogP contribution >= 0.6 is 0 Å². The summed E-state index contributed by atoms with van der Waals surface area (Å²) in [5, 5.41) is 11.5. The largest absolute Gasteiger partial charge is 0.481 e. The number of carbonyl (C=O) groups excluding carboxylic acids is 2. The molecule has 2 N–H and O–H groups in total. The second-order valence-corrected chi connectivity index (χ2v) is 5.93. The lowest BCUT2D eigenvalue weighted by Crippen LogP contribution is -2.13. The van der Waals surface area contributed by atoms with Gasteiger partial charge in [-0.3, -0.25) is 14.4 Å². The highest BCUT2D eigenvalue weighted by Crippen LogP contribution is 2.14. The Morgan fingerprint density at radius 1 is 0.960 bits per heavy atom. The first-order chi connectivity index (χ1) is 11.9. The number of anilines is 1. The van der Waals surface area contributed by atoms with Gasteiger partial charge in [0.2, 0.25) is 5.91 Å². The summed E-state index contributed by atoms with van der Waals surface area (Å²) in [6.07, 6.45) is 0.701. The average molecular weight is 339 g/mol. The number of hydrogen-bond donors (Lipinski definition) is 2. The van der Waals surface area contributed by atoms with Crippen LogP contribution in [0.2, 0.25) is 0 Å². The van der Waals surface area contributed by atoms with E-state index in [0.29, 0.717) is 17.7 Å². The van der Waals surface area contributed by atoms with Crippen LogP contribution in [0.3, 0.4) is 0 Å². The van der Waals surface area contributed by atoms with Gasteiger partial charge in [0.1, 0.15) is 0 Å². The molecule has 0 radical (unpaired) electrons. The number of amides is 1. The molecule has 0 aliphatic rings. The van der Waals surface area contributed by atoms with E-state index in [0.717, 1.165) is 11.1 Å². The number of aliphatic carboxylic acids is 1. The first-order valence-electron chi connectivity index (χ1n) is 8.14. The monoisotopic (exact) mass is 339 g/mol. The van der Waals surface area contributed by atoms with E-state index in [1.165, 1.54) is 0 Å². The number of nitrogens with one attached hydrogen (secondary N) is 1. The van der Waals surface area contributed by atoms with Crippen LogP contribution in [0.4, 0.5) is 5.69 Å². The second-order valence-electron chi connectivity index (χ2n) is 5.93. The topological polar surface area (TPSA) is 83.5 Å². The van der Waals surface area contributed by atoms with Crippen molar-refractivity contribution in [3.05, 3.63) is 65.2 Å². The zero-order valence-electron chi connectivity index (χ0n) is 14.1. The van der Waals surface area contributed by atoms with Crippen LogP contribution in [-0.2, 0) is 16.0 Å². The van der Waals surface area contributed by atoms with Crippen molar-refractivity contribution in [2.75, 3.05) is 5.32 Å². The number of benzene rings is 2. The van der Waals surface area contributed by atoms with E-state index >= 15 is 0 Å². The number of carboxylic acid groups (broad SMARTS) is 1. The molecule has 0 aliphatic carbocycles. The first kappa shape index (κ1) is 18.4. The highest BCUT2D eigenvalue weighted by Gasteiger charge is 2.10. The molecular weight excluding hydrogens is 318 g/mol. The quantitative estimate of drug-likeness (QED) is 0.720. The first-order valence-corrected chi connectivity index (χ1v) is 8.14. The maximum atomic E-state index is 12.1. The number of carboxylic acids is 1. The zero-order valence-corrected chi connectivity index (χ0v) is 14.1. The molecule has 2 rings (SSSR count). The number of carbonyl (C=O) groups is 3. The Balaban J connectivity index is 1.85. The van der Waals surface area contributed by atoms with Gasteiger partial charge in [-0.1, -0.05) is 42.0 Å². The molecule has 130 valence electrons. The molecular formula is C20H21NO4. The lowest BCUT2D eigenvalue weighted by molar-refractivity contribution is -0.137. The molecule has 2 aromatic carbocycles. The van der Waals surface area contributed by atoms with E-state index in [-0.39, 0.29) is 31.0 Å². The Hall–Kier alpha value is -2.95. The molecule has 25 heavy (non-hydrogen) atoms. The van der Waals surface area contributed by atoms with E-state index in [9.17, 15) is 14.4 Å². The van der Waals surface area contributed by atoms with Crippen molar-refractivity contribution >= 4 is 23.3 Å². The summed E-state index contributed by atoms with van der Waals surface area (Å²) in [6.45, 7) is 1.95. The van der Waals surface area contributed by atoms with Gasteiger partial charge in [0.15, 0.2) is 5.78 Å². The fourth-order valence-corrected chi connectivity index (χ4v) is 2.39. The summed E-state index contributed by atoms with van der Waals surface area (Å²) < 4.78 is 0. The van der Waals surface area contributed by atoms with Crippen molar-refractivity contribution in [2.45, 2.75) is 32.6 Å². The van der Waals surface area contributed by atoms with Crippen molar-refractivity contribution in [2.24, 2.45) is 0 Å². The summed E-state index contributed by atoms with van der Waals surface area (Å²) in [6, 6.07) is 14.4. The van der Waals surface area contributed by atoms with E-state index < -0.39 is 5.97 Å². The van der Waals surface area contributed by atoms with Crippen molar-refractivity contribution in [3.63, 3.8) is 0 Å². The summed E-state index contributed by atoms with van der Waals surface area (Å²) in [7, 11) is 0. The summed E-state index contributed by atoms with van der Waals surface area (Å²) >= 11 is 0. The third kappa shape index (κ3) is 6.22. The maximum Gasteiger partial charge on any atom is 0.303 e. The van der Waals surface area contributed by atoms with E-state index in [1.54, 1.807) is 30.3 Å².